The van der Waals surface area contributed by atoms with Gasteiger partial charge in [-0.25, -0.2) is 4.79 Å². The zero-order chi connectivity index (χ0) is 16.1. The van der Waals surface area contributed by atoms with Crippen molar-refractivity contribution in [1.82, 2.24) is 10.2 Å². The number of Topliss-reactive ketones (excluding diaryl/α,β-unsaturated/α-hetero) is 1. The quantitative estimate of drug-likeness (QED) is 0.889. The van der Waals surface area contributed by atoms with Crippen molar-refractivity contribution < 1.29 is 14.7 Å². The molecule has 0 amide bonds. The number of fused-ring (bicyclic) bond motifs is 4. The standard InChI is InChI=1S/C18H20N2O3/c1-10(11-5-3-2-4-6-11)20-9-12-7-14(20)17-16(12)15(21)8-13(19-17)18(22)23/h2-6,10,12-14,19H,7-9H2,1H3,(H,22,23)/t10-,12+,13-,14+/m0/s1. The number of carboxylic acids is 1. The van der Waals surface area contributed by atoms with E-state index < -0.39 is 12.0 Å². The van der Waals surface area contributed by atoms with Crippen LogP contribution >= 0.6 is 0 Å². The summed E-state index contributed by atoms with van der Waals surface area (Å²) in [6, 6.07) is 9.91. The minimum atomic E-state index is -0.949. The first-order valence-electron chi connectivity index (χ1n) is 8.13. The summed E-state index contributed by atoms with van der Waals surface area (Å²) in [6.45, 7) is 3.06. The number of hydrogen-bond donors (Lipinski definition) is 2. The van der Waals surface area contributed by atoms with Gasteiger partial charge in [0.05, 0.1) is 6.04 Å². The zero-order valence-corrected chi connectivity index (χ0v) is 13.0. The third kappa shape index (κ3) is 2.18. The maximum atomic E-state index is 12.3. The monoisotopic (exact) mass is 312 g/mol. The molecule has 0 spiro atoms. The highest BCUT2D eigenvalue weighted by Gasteiger charge is 2.51. The van der Waals surface area contributed by atoms with Gasteiger partial charge in [-0.2, -0.15) is 0 Å². The lowest BCUT2D eigenvalue weighted by Gasteiger charge is -2.38. The number of nitrogens with one attached hydrogen (secondary N) is 1. The number of hydrogen-bond acceptors (Lipinski definition) is 4. The Kier molecular flexibility index (Phi) is 3.27. The fourth-order valence-electron chi connectivity index (χ4n) is 4.34. The fourth-order valence-corrected chi connectivity index (χ4v) is 4.34. The molecular weight excluding hydrogens is 292 g/mol. The Bertz CT molecular complexity index is 697. The molecule has 3 aliphatic rings. The van der Waals surface area contributed by atoms with Crippen LogP contribution in [0.5, 0.6) is 0 Å². The first-order chi connectivity index (χ1) is 11.1. The lowest BCUT2D eigenvalue weighted by molar-refractivity contribution is -0.141. The van der Waals surface area contributed by atoms with Crippen LogP contribution < -0.4 is 5.32 Å². The first kappa shape index (κ1) is 14.5. The third-order valence-corrected chi connectivity index (χ3v) is 5.47. The predicted octanol–water partition coefficient (Wildman–Crippen LogP) is 1.72. The number of carbonyl (C=O) groups is 2. The summed E-state index contributed by atoms with van der Waals surface area (Å²) in [4.78, 5) is 26.0. The molecule has 1 aliphatic carbocycles. The van der Waals surface area contributed by atoms with Gasteiger partial charge in [-0.15, -0.1) is 0 Å². The van der Waals surface area contributed by atoms with Gasteiger partial charge in [0.2, 0.25) is 0 Å². The van der Waals surface area contributed by atoms with Gasteiger partial charge in [0, 0.05) is 36.2 Å². The summed E-state index contributed by atoms with van der Waals surface area (Å²) in [7, 11) is 0. The van der Waals surface area contributed by atoms with E-state index in [1.807, 2.05) is 18.2 Å². The molecule has 0 aromatic heterocycles. The van der Waals surface area contributed by atoms with E-state index in [9.17, 15) is 14.7 Å². The van der Waals surface area contributed by atoms with Crippen LogP contribution in [0.15, 0.2) is 41.6 Å². The van der Waals surface area contributed by atoms with Crippen LogP contribution in [0.1, 0.15) is 31.4 Å². The van der Waals surface area contributed by atoms with Crippen LogP contribution in [-0.4, -0.2) is 40.4 Å². The average molecular weight is 312 g/mol. The van der Waals surface area contributed by atoms with E-state index in [-0.39, 0.29) is 30.2 Å². The number of rotatable bonds is 3. The van der Waals surface area contributed by atoms with Crippen LogP contribution in [0, 0.1) is 5.92 Å². The van der Waals surface area contributed by atoms with Crippen molar-refractivity contribution in [3.05, 3.63) is 47.2 Å². The lowest BCUT2D eigenvalue weighted by Crippen LogP contribution is -2.50. The maximum Gasteiger partial charge on any atom is 0.326 e. The van der Waals surface area contributed by atoms with Crippen molar-refractivity contribution in [3.63, 3.8) is 0 Å². The third-order valence-electron chi connectivity index (χ3n) is 5.47. The van der Waals surface area contributed by atoms with Crippen LogP contribution in [-0.2, 0) is 9.59 Å². The molecule has 2 heterocycles. The van der Waals surface area contributed by atoms with Gasteiger partial charge in [0.15, 0.2) is 5.78 Å². The predicted molar refractivity (Wildman–Crippen MR) is 84.7 cm³/mol. The second kappa shape index (κ2) is 5.20. The molecule has 4 rings (SSSR count). The summed E-state index contributed by atoms with van der Waals surface area (Å²) >= 11 is 0. The van der Waals surface area contributed by atoms with Gasteiger partial charge in [0.25, 0.3) is 0 Å². The highest BCUT2D eigenvalue weighted by Crippen LogP contribution is 2.46. The fraction of sp³-hybridized carbons (Fsp3) is 0.444. The molecule has 2 aliphatic heterocycles. The molecular formula is C18H20N2O3. The summed E-state index contributed by atoms with van der Waals surface area (Å²) in [5.74, 6) is -0.683. The molecule has 0 unspecified atom stereocenters. The number of aliphatic carboxylic acids is 1. The number of likely N-dealkylation sites (tertiary alicyclic amines) is 1. The van der Waals surface area contributed by atoms with Crippen molar-refractivity contribution in [2.24, 2.45) is 5.92 Å². The van der Waals surface area contributed by atoms with Crippen LogP contribution in [0.2, 0.25) is 0 Å². The molecule has 5 nitrogen and oxygen atoms in total. The molecule has 0 radical (unpaired) electrons. The Morgan fingerprint density at radius 2 is 2.09 bits per heavy atom. The highest BCUT2D eigenvalue weighted by atomic mass is 16.4. The van der Waals surface area contributed by atoms with E-state index >= 15 is 0 Å². The molecule has 23 heavy (non-hydrogen) atoms. The highest BCUT2D eigenvalue weighted by molar-refractivity contribution is 6.01. The molecule has 4 atom stereocenters. The largest absolute Gasteiger partial charge is 0.480 e. The van der Waals surface area contributed by atoms with E-state index in [1.165, 1.54) is 5.56 Å². The zero-order valence-electron chi connectivity index (χ0n) is 13.0. The molecule has 1 aromatic carbocycles. The molecule has 5 heteroatoms. The van der Waals surface area contributed by atoms with Gasteiger partial charge in [0.1, 0.15) is 6.04 Å². The summed E-state index contributed by atoms with van der Waals surface area (Å²) < 4.78 is 0. The average Bonchev–Trinajstić information content (AvgIpc) is 3.14. The van der Waals surface area contributed by atoms with Crippen molar-refractivity contribution in [3.8, 4) is 0 Å². The SMILES string of the molecule is C[C@@H](c1ccccc1)N1C[C@H]2C[C@@H]1C1=C2C(=O)C[C@@H](C(=O)O)N1. The van der Waals surface area contributed by atoms with Crippen molar-refractivity contribution in [2.45, 2.75) is 37.9 Å². The van der Waals surface area contributed by atoms with Gasteiger partial charge in [-0.3, -0.25) is 9.69 Å². The Balaban J connectivity index is 1.63. The summed E-state index contributed by atoms with van der Waals surface area (Å²) in [5, 5.41) is 12.4. The first-order valence-corrected chi connectivity index (χ1v) is 8.13. The number of ketones is 1. The van der Waals surface area contributed by atoms with E-state index in [2.05, 4.69) is 29.3 Å². The Morgan fingerprint density at radius 3 is 2.78 bits per heavy atom. The summed E-state index contributed by atoms with van der Waals surface area (Å²) in [5.41, 5.74) is 2.98. The van der Waals surface area contributed by atoms with Crippen molar-refractivity contribution >= 4 is 11.8 Å². The van der Waals surface area contributed by atoms with Crippen molar-refractivity contribution in [1.29, 1.82) is 0 Å². The number of carbonyl (C=O) groups excluding carboxylic acids is 1. The topological polar surface area (TPSA) is 69.6 Å². The van der Waals surface area contributed by atoms with Crippen LogP contribution in [0.4, 0.5) is 0 Å². The van der Waals surface area contributed by atoms with Gasteiger partial charge >= 0.3 is 5.97 Å². The summed E-state index contributed by atoms with van der Waals surface area (Å²) in [6.07, 6.45) is 0.999. The molecule has 120 valence electrons. The Morgan fingerprint density at radius 1 is 1.35 bits per heavy atom. The van der Waals surface area contributed by atoms with Gasteiger partial charge in [-0.05, 0) is 18.9 Å². The minimum absolute atomic E-state index is 0.0191. The van der Waals surface area contributed by atoms with Crippen LogP contribution in [0.25, 0.3) is 0 Å². The molecule has 2 bridgehead atoms. The Labute approximate surface area is 135 Å². The molecule has 1 fully saturated rings. The van der Waals surface area contributed by atoms with E-state index in [1.54, 1.807) is 0 Å². The number of nitrogens with zero attached hydrogens (tertiary/aromatic N) is 1. The Hall–Kier alpha value is -2.14. The van der Waals surface area contributed by atoms with Crippen molar-refractivity contribution in [2.75, 3.05) is 6.54 Å². The molecule has 1 aromatic rings. The van der Waals surface area contributed by atoms with Gasteiger partial charge < -0.3 is 10.4 Å². The normalized spacial score (nSPS) is 31.0. The van der Waals surface area contributed by atoms with E-state index in [4.69, 9.17) is 0 Å². The maximum absolute atomic E-state index is 12.3. The second-order valence-electron chi connectivity index (χ2n) is 6.72. The molecule has 2 N–H and O–H groups in total. The minimum Gasteiger partial charge on any atom is -0.480 e. The molecule has 0 saturated carbocycles. The number of carboxylic acid groups (broad SMARTS) is 1. The number of benzene rings is 1. The lowest BCUT2D eigenvalue weighted by atomic mass is 9.90. The van der Waals surface area contributed by atoms with E-state index in [0.717, 1.165) is 24.2 Å². The second-order valence-corrected chi connectivity index (χ2v) is 6.72. The van der Waals surface area contributed by atoms with Gasteiger partial charge in [-0.1, -0.05) is 30.3 Å². The smallest absolute Gasteiger partial charge is 0.326 e. The van der Waals surface area contributed by atoms with Crippen LogP contribution in [0.3, 0.4) is 0 Å². The molecule has 1 saturated heterocycles. The van der Waals surface area contributed by atoms with E-state index in [0.29, 0.717) is 0 Å².